The van der Waals surface area contributed by atoms with Crippen molar-refractivity contribution in [2.75, 3.05) is 4.90 Å². The van der Waals surface area contributed by atoms with Crippen molar-refractivity contribution in [1.82, 2.24) is 4.98 Å². The van der Waals surface area contributed by atoms with Gasteiger partial charge in [0.15, 0.2) is 0 Å². The van der Waals surface area contributed by atoms with Crippen LogP contribution in [0.25, 0.3) is 11.6 Å². The third-order valence-electron chi connectivity index (χ3n) is 9.68. The number of carbonyl (C=O) groups excluding carboxylic acids is 2. The number of aromatic nitrogens is 1. The van der Waals surface area contributed by atoms with Crippen LogP contribution in [0.3, 0.4) is 0 Å². The third-order valence-corrected chi connectivity index (χ3v) is 10.2. The van der Waals surface area contributed by atoms with Crippen LogP contribution in [0.15, 0.2) is 76.4 Å². The Kier molecular flexibility index (Phi) is 10.3. The lowest BCUT2D eigenvalue weighted by Gasteiger charge is -2.43. The van der Waals surface area contributed by atoms with Crippen LogP contribution in [0.2, 0.25) is 6.32 Å². The SMILES string of the molecule is CCCC1=C2[C@@H](CC/C(=C/c3cc(Br)ccc3O)c3ccccn3)OB(O)C[C@@H]2[C@@H]2C(=O)N(c3cc(C(F)(F)F)cc(C(F)(F)F)c3)C(=O)[C@@H]2C1. The molecule has 0 saturated carbocycles. The molecule has 0 unspecified atom stereocenters. The summed E-state index contributed by atoms with van der Waals surface area (Å²) in [4.78, 5) is 32.9. The van der Waals surface area contributed by atoms with Gasteiger partial charge in [0.1, 0.15) is 5.75 Å². The number of imide groups is 1. The maximum atomic E-state index is 14.1. The number of hydrogen-bond donors (Lipinski definition) is 2. The number of halogens is 7. The van der Waals surface area contributed by atoms with E-state index in [1.807, 2.05) is 19.1 Å². The molecule has 3 aliphatic rings. The first-order valence-electron chi connectivity index (χ1n) is 16.4. The lowest BCUT2D eigenvalue weighted by molar-refractivity contribution is -0.143. The number of carbonyl (C=O) groups is 2. The van der Waals surface area contributed by atoms with Crippen molar-refractivity contribution in [1.29, 1.82) is 0 Å². The van der Waals surface area contributed by atoms with E-state index in [0.717, 1.165) is 21.2 Å². The van der Waals surface area contributed by atoms with E-state index in [1.165, 1.54) is 0 Å². The fourth-order valence-electron chi connectivity index (χ4n) is 7.57. The molecule has 268 valence electrons. The minimum atomic E-state index is -5.17. The van der Waals surface area contributed by atoms with Crippen LogP contribution in [0.4, 0.5) is 32.0 Å². The van der Waals surface area contributed by atoms with Crippen molar-refractivity contribution in [3.05, 3.63) is 98.8 Å². The molecular weight excluding hydrogens is 745 g/mol. The number of fused-ring (bicyclic) bond motifs is 3. The second-order valence-electron chi connectivity index (χ2n) is 13.0. The molecular formula is C36H32BBrF6N2O5. The summed E-state index contributed by atoms with van der Waals surface area (Å²) in [5.41, 5.74) is -0.650. The number of rotatable bonds is 8. The number of benzene rings is 2. The molecule has 2 aliphatic heterocycles. The van der Waals surface area contributed by atoms with Crippen molar-refractivity contribution in [2.24, 2.45) is 17.8 Å². The number of pyridine rings is 1. The molecule has 1 aromatic heterocycles. The number of aromatic hydroxyl groups is 1. The molecule has 51 heavy (non-hydrogen) atoms. The Hall–Kier alpha value is -3.95. The second kappa shape index (κ2) is 14.2. The van der Waals surface area contributed by atoms with Gasteiger partial charge in [-0.2, -0.15) is 26.3 Å². The van der Waals surface area contributed by atoms with E-state index in [9.17, 15) is 46.1 Å². The molecule has 2 fully saturated rings. The molecule has 0 spiro atoms. The Balaban J connectivity index is 1.36. The van der Waals surface area contributed by atoms with Gasteiger partial charge in [0.05, 0.1) is 40.4 Å². The van der Waals surface area contributed by atoms with Crippen LogP contribution < -0.4 is 4.90 Å². The van der Waals surface area contributed by atoms with Gasteiger partial charge in [-0.05, 0) is 104 Å². The van der Waals surface area contributed by atoms with E-state index in [2.05, 4.69) is 20.9 Å². The van der Waals surface area contributed by atoms with Crippen molar-refractivity contribution < 1.29 is 50.7 Å². The highest BCUT2D eigenvalue weighted by Gasteiger charge is 2.58. The van der Waals surface area contributed by atoms with Gasteiger partial charge >= 0.3 is 19.5 Å². The molecule has 0 bridgehead atoms. The molecule has 2 saturated heterocycles. The molecule has 6 rings (SSSR count). The quantitative estimate of drug-likeness (QED) is 0.103. The smallest absolute Gasteiger partial charge is 0.455 e. The first-order valence-corrected chi connectivity index (χ1v) is 17.2. The largest absolute Gasteiger partial charge is 0.507 e. The number of nitrogens with zero attached hydrogens (tertiary/aromatic N) is 2. The van der Waals surface area contributed by atoms with Crippen LogP contribution in [0.1, 0.15) is 61.4 Å². The highest BCUT2D eigenvalue weighted by Crippen LogP contribution is 2.53. The second-order valence-corrected chi connectivity index (χ2v) is 13.9. The average molecular weight is 777 g/mol. The van der Waals surface area contributed by atoms with E-state index in [0.29, 0.717) is 54.0 Å². The lowest BCUT2D eigenvalue weighted by Crippen LogP contribution is -2.46. The van der Waals surface area contributed by atoms with Gasteiger partial charge in [-0.15, -0.1) is 0 Å². The van der Waals surface area contributed by atoms with Crippen LogP contribution in [-0.4, -0.2) is 40.2 Å². The number of alkyl halides is 6. The summed E-state index contributed by atoms with van der Waals surface area (Å²) >= 11 is 3.42. The molecule has 1 aliphatic carbocycles. The van der Waals surface area contributed by atoms with E-state index < -0.39 is 72.0 Å². The summed E-state index contributed by atoms with van der Waals surface area (Å²) in [6.45, 7) is 1.92. The Morgan fingerprint density at radius 3 is 2.35 bits per heavy atom. The van der Waals surface area contributed by atoms with Gasteiger partial charge in [0.2, 0.25) is 11.8 Å². The van der Waals surface area contributed by atoms with Gasteiger partial charge in [0.25, 0.3) is 0 Å². The van der Waals surface area contributed by atoms with Gasteiger partial charge < -0.3 is 14.8 Å². The van der Waals surface area contributed by atoms with Gasteiger partial charge in [-0.25, -0.2) is 4.90 Å². The summed E-state index contributed by atoms with van der Waals surface area (Å²) in [6.07, 6.45) is -5.89. The zero-order valence-corrected chi connectivity index (χ0v) is 28.7. The minimum Gasteiger partial charge on any atom is -0.507 e. The van der Waals surface area contributed by atoms with Crippen molar-refractivity contribution in [2.45, 2.75) is 63.8 Å². The van der Waals surface area contributed by atoms with Crippen LogP contribution in [0.5, 0.6) is 5.75 Å². The van der Waals surface area contributed by atoms with E-state index in [1.54, 1.807) is 36.5 Å². The Bertz CT molecular complexity index is 1870. The lowest BCUT2D eigenvalue weighted by atomic mass is 9.58. The molecule has 3 aromatic rings. The fraction of sp³-hybridized carbons (Fsp3) is 0.361. The predicted octanol–water partition coefficient (Wildman–Crippen LogP) is 8.71. The predicted molar refractivity (Wildman–Crippen MR) is 181 cm³/mol. The maximum Gasteiger partial charge on any atom is 0.455 e. The summed E-state index contributed by atoms with van der Waals surface area (Å²) in [5.74, 6) is -4.66. The summed E-state index contributed by atoms with van der Waals surface area (Å²) < 4.78 is 89.2. The normalized spacial score (nSPS) is 22.8. The van der Waals surface area contributed by atoms with Crippen LogP contribution in [-0.2, 0) is 26.6 Å². The Morgan fingerprint density at radius 2 is 1.73 bits per heavy atom. The zero-order chi connectivity index (χ0) is 36.8. The van der Waals surface area contributed by atoms with Crippen LogP contribution in [0, 0.1) is 17.8 Å². The van der Waals surface area contributed by atoms with E-state index >= 15 is 0 Å². The van der Waals surface area contributed by atoms with Gasteiger partial charge in [0, 0.05) is 16.2 Å². The Labute approximate surface area is 298 Å². The maximum absolute atomic E-state index is 14.1. The van der Waals surface area contributed by atoms with E-state index in [-0.39, 0.29) is 24.6 Å². The summed E-state index contributed by atoms with van der Waals surface area (Å²) in [6, 6.07) is 11.1. The third kappa shape index (κ3) is 7.52. The molecule has 4 atom stereocenters. The molecule has 2 aromatic carbocycles. The van der Waals surface area contributed by atoms with Crippen molar-refractivity contribution >= 4 is 52.2 Å². The molecule has 2 amide bonds. The Morgan fingerprint density at radius 1 is 1.02 bits per heavy atom. The average Bonchev–Trinajstić information content (AvgIpc) is 3.32. The molecule has 0 radical (unpaired) electrons. The fourth-order valence-corrected chi connectivity index (χ4v) is 7.95. The number of hydrogen-bond acceptors (Lipinski definition) is 6. The van der Waals surface area contributed by atoms with Crippen LogP contribution >= 0.6 is 15.9 Å². The highest BCUT2D eigenvalue weighted by molar-refractivity contribution is 9.10. The van der Waals surface area contributed by atoms with Crippen molar-refractivity contribution in [3.63, 3.8) is 0 Å². The number of anilines is 1. The van der Waals surface area contributed by atoms with Crippen molar-refractivity contribution in [3.8, 4) is 5.75 Å². The molecule has 7 nitrogen and oxygen atoms in total. The number of phenols is 1. The zero-order valence-electron chi connectivity index (χ0n) is 27.1. The standard InChI is InChI=1S/C36H32BBrF6N2O5/c1-2-5-20-14-26-32(34(49)46(33(26)48)25-16-22(35(39,40)41)15-23(17-25)36(42,43)44)27-18-37(50)51-30(31(20)27)10-7-19(28-6-3-4-11-45-28)12-21-13-24(38)8-9-29(21)47/h3-4,6,8-9,11-13,15-17,26-27,30,32,47,50H,2,5,7,10,14,18H2,1H3/b19-12-/t26-,27+,30-,32-/m1/s1. The molecule has 2 N–H and O–H groups in total. The highest BCUT2D eigenvalue weighted by atomic mass is 79.9. The molecule has 3 heterocycles. The topological polar surface area (TPSA) is 100.0 Å². The number of phenolic OH excluding ortho intramolecular Hbond substituents is 1. The number of allylic oxidation sites excluding steroid dienone is 2. The summed E-state index contributed by atoms with van der Waals surface area (Å²) in [5, 5.41) is 21.5. The minimum absolute atomic E-state index is 0.0411. The summed E-state index contributed by atoms with van der Waals surface area (Å²) in [7, 11) is -1.36. The first kappa shape index (κ1) is 36.8. The molecule has 15 heteroatoms. The van der Waals surface area contributed by atoms with Gasteiger partial charge in [-0.3, -0.25) is 14.6 Å². The number of amides is 2. The monoisotopic (exact) mass is 776 g/mol. The van der Waals surface area contributed by atoms with Gasteiger partial charge in [-0.1, -0.05) is 40.9 Å². The van der Waals surface area contributed by atoms with E-state index in [4.69, 9.17) is 4.65 Å². The first-order chi connectivity index (χ1) is 24.1.